The largest absolute Gasteiger partial charge is 0.354 e. The number of aromatic amines is 1. The molecule has 0 bridgehead atoms. The van der Waals surface area contributed by atoms with Crippen molar-refractivity contribution in [1.82, 2.24) is 4.98 Å². The van der Waals surface area contributed by atoms with Gasteiger partial charge in [0.15, 0.2) is 6.29 Å². The van der Waals surface area contributed by atoms with Crippen LogP contribution >= 0.6 is 39.1 Å². The topological polar surface area (TPSA) is 32.9 Å². The molecule has 2 nitrogen and oxygen atoms in total. The number of aldehydes is 1. The van der Waals surface area contributed by atoms with Gasteiger partial charge < -0.3 is 4.98 Å². The molecule has 0 saturated carbocycles. The van der Waals surface area contributed by atoms with Crippen molar-refractivity contribution < 1.29 is 4.79 Å². The molecular weight excluding hydrogens is 361 g/mol. The van der Waals surface area contributed by atoms with Gasteiger partial charge in [-0.1, -0.05) is 39.1 Å². The molecule has 0 fully saturated rings. The van der Waals surface area contributed by atoms with Gasteiger partial charge in [-0.05, 0) is 36.4 Å². The van der Waals surface area contributed by atoms with E-state index in [0.717, 1.165) is 21.7 Å². The number of hydrogen-bond acceptors (Lipinski definition) is 1. The third-order valence-corrected chi connectivity index (χ3v) is 4.17. The number of rotatable bonds is 2. The van der Waals surface area contributed by atoms with Gasteiger partial charge in [-0.15, -0.1) is 0 Å². The Hall–Kier alpha value is -1.29. The lowest BCUT2D eigenvalue weighted by atomic mass is 10.1. The first-order valence-corrected chi connectivity index (χ1v) is 7.37. The highest BCUT2D eigenvalue weighted by Gasteiger charge is 2.15. The number of benzene rings is 2. The van der Waals surface area contributed by atoms with E-state index in [0.29, 0.717) is 26.9 Å². The van der Waals surface area contributed by atoms with Gasteiger partial charge in [-0.3, -0.25) is 4.79 Å². The molecule has 3 aromatic rings. The van der Waals surface area contributed by atoms with E-state index in [9.17, 15) is 4.79 Å². The Labute approximate surface area is 133 Å². The summed E-state index contributed by atoms with van der Waals surface area (Å²) >= 11 is 15.6. The number of fused-ring (bicyclic) bond motifs is 1. The van der Waals surface area contributed by atoms with E-state index in [-0.39, 0.29) is 0 Å². The van der Waals surface area contributed by atoms with E-state index in [4.69, 9.17) is 23.2 Å². The van der Waals surface area contributed by atoms with Crippen LogP contribution in [0.25, 0.3) is 22.2 Å². The molecule has 20 heavy (non-hydrogen) atoms. The molecule has 0 atom stereocenters. The molecule has 1 heterocycles. The molecule has 0 aliphatic rings. The van der Waals surface area contributed by atoms with Gasteiger partial charge in [0, 0.05) is 31.5 Å². The highest BCUT2D eigenvalue weighted by molar-refractivity contribution is 9.10. The average molecular weight is 369 g/mol. The quantitative estimate of drug-likeness (QED) is 0.576. The fourth-order valence-corrected chi connectivity index (χ4v) is 2.95. The van der Waals surface area contributed by atoms with Crippen LogP contribution in [-0.4, -0.2) is 11.3 Å². The van der Waals surface area contributed by atoms with Gasteiger partial charge in [0.2, 0.25) is 0 Å². The maximum Gasteiger partial charge on any atom is 0.152 e. The third-order valence-electron chi connectivity index (χ3n) is 3.12. The zero-order valence-corrected chi connectivity index (χ0v) is 13.2. The van der Waals surface area contributed by atoms with Crippen LogP contribution in [0.4, 0.5) is 0 Å². The van der Waals surface area contributed by atoms with Crippen LogP contribution in [0.3, 0.4) is 0 Å². The Kier molecular flexibility index (Phi) is 3.59. The van der Waals surface area contributed by atoms with E-state index in [2.05, 4.69) is 20.9 Å². The standard InChI is InChI=1S/C15H8BrCl2NO/c16-8-1-4-14-10(5-8)12(7-20)15(19-14)11-6-9(17)2-3-13(11)18/h1-7,19H. The molecule has 3 rings (SSSR count). The Bertz CT molecular complexity index is 826. The summed E-state index contributed by atoms with van der Waals surface area (Å²) in [6.07, 6.45) is 0.831. The van der Waals surface area contributed by atoms with E-state index < -0.39 is 0 Å². The summed E-state index contributed by atoms with van der Waals surface area (Å²) in [5.74, 6) is 0. The highest BCUT2D eigenvalue weighted by atomic mass is 79.9. The van der Waals surface area contributed by atoms with Gasteiger partial charge in [-0.2, -0.15) is 0 Å². The molecular formula is C15H8BrCl2NO. The van der Waals surface area contributed by atoms with Crippen LogP contribution in [0.1, 0.15) is 10.4 Å². The summed E-state index contributed by atoms with van der Waals surface area (Å²) in [5, 5.41) is 1.96. The van der Waals surface area contributed by atoms with Gasteiger partial charge in [0.05, 0.1) is 10.7 Å². The van der Waals surface area contributed by atoms with Crippen molar-refractivity contribution in [3.05, 3.63) is 56.5 Å². The van der Waals surface area contributed by atoms with Crippen molar-refractivity contribution >= 4 is 56.3 Å². The second-order valence-electron chi connectivity index (χ2n) is 4.35. The predicted octanol–water partition coefficient (Wildman–Crippen LogP) is 5.72. The number of hydrogen-bond donors (Lipinski definition) is 1. The minimum Gasteiger partial charge on any atom is -0.354 e. The summed E-state index contributed by atoms with van der Waals surface area (Å²) in [5.41, 5.74) is 2.85. The first-order valence-electron chi connectivity index (χ1n) is 5.82. The van der Waals surface area contributed by atoms with Crippen LogP contribution in [0, 0.1) is 0 Å². The van der Waals surface area contributed by atoms with Crippen molar-refractivity contribution in [2.75, 3.05) is 0 Å². The molecule has 5 heteroatoms. The second-order valence-corrected chi connectivity index (χ2v) is 6.10. The number of aromatic nitrogens is 1. The van der Waals surface area contributed by atoms with Crippen LogP contribution < -0.4 is 0 Å². The zero-order valence-electron chi connectivity index (χ0n) is 10.1. The maximum atomic E-state index is 11.5. The van der Waals surface area contributed by atoms with E-state index in [1.165, 1.54) is 0 Å². The number of carbonyl (C=O) groups excluding carboxylic acids is 1. The van der Waals surface area contributed by atoms with Crippen molar-refractivity contribution in [1.29, 1.82) is 0 Å². The zero-order chi connectivity index (χ0) is 14.3. The lowest BCUT2D eigenvalue weighted by Gasteiger charge is -2.03. The Morgan fingerprint density at radius 2 is 1.90 bits per heavy atom. The van der Waals surface area contributed by atoms with Crippen LogP contribution in [0.5, 0.6) is 0 Å². The highest BCUT2D eigenvalue weighted by Crippen LogP contribution is 2.35. The van der Waals surface area contributed by atoms with Crippen LogP contribution in [-0.2, 0) is 0 Å². The molecule has 0 aliphatic carbocycles. The Morgan fingerprint density at radius 1 is 1.10 bits per heavy atom. The van der Waals surface area contributed by atoms with Gasteiger partial charge >= 0.3 is 0 Å². The number of H-pyrrole nitrogens is 1. The molecule has 0 unspecified atom stereocenters. The van der Waals surface area contributed by atoms with Crippen LogP contribution in [0.2, 0.25) is 10.0 Å². The van der Waals surface area contributed by atoms with Gasteiger partial charge in [0.1, 0.15) is 0 Å². The van der Waals surface area contributed by atoms with Crippen molar-refractivity contribution in [3.8, 4) is 11.3 Å². The van der Waals surface area contributed by atoms with Crippen molar-refractivity contribution in [2.24, 2.45) is 0 Å². The summed E-state index contributed by atoms with van der Waals surface area (Å²) in [7, 11) is 0. The molecule has 0 aliphatic heterocycles. The Morgan fingerprint density at radius 3 is 2.65 bits per heavy atom. The maximum absolute atomic E-state index is 11.5. The van der Waals surface area contributed by atoms with Crippen LogP contribution in [0.15, 0.2) is 40.9 Å². The van der Waals surface area contributed by atoms with E-state index in [1.54, 1.807) is 18.2 Å². The molecule has 1 N–H and O–H groups in total. The molecule has 2 aromatic carbocycles. The molecule has 100 valence electrons. The first-order chi connectivity index (χ1) is 9.60. The second kappa shape index (κ2) is 5.24. The molecule has 1 aromatic heterocycles. The minimum atomic E-state index is 0.545. The first kappa shape index (κ1) is 13.7. The lowest BCUT2D eigenvalue weighted by molar-refractivity contribution is 0.112. The predicted molar refractivity (Wildman–Crippen MR) is 86.8 cm³/mol. The minimum absolute atomic E-state index is 0.545. The average Bonchev–Trinajstić information content (AvgIpc) is 2.79. The summed E-state index contributed by atoms with van der Waals surface area (Å²) in [4.78, 5) is 14.7. The molecule has 0 saturated heterocycles. The molecule has 0 spiro atoms. The number of carbonyl (C=O) groups is 1. The fraction of sp³-hybridized carbons (Fsp3) is 0. The normalized spacial score (nSPS) is 10.9. The number of nitrogens with one attached hydrogen (secondary N) is 1. The van der Waals surface area contributed by atoms with Crippen molar-refractivity contribution in [2.45, 2.75) is 0 Å². The summed E-state index contributed by atoms with van der Waals surface area (Å²) in [6.45, 7) is 0. The van der Waals surface area contributed by atoms with Crippen molar-refractivity contribution in [3.63, 3.8) is 0 Å². The third kappa shape index (κ3) is 2.26. The van der Waals surface area contributed by atoms with Gasteiger partial charge in [-0.25, -0.2) is 0 Å². The van der Waals surface area contributed by atoms with E-state index in [1.807, 2.05) is 18.2 Å². The summed E-state index contributed by atoms with van der Waals surface area (Å²) < 4.78 is 0.913. The summed E-state index contributed by atoms with van der Waals surface area (Å²) in [6, 6.07) is 10.9. The van der Waals surface area contributed by atoms with Gasteiger partial charge in [0.25, 0.3) is 0 Å². The number of halogens is 3. The fourth-order valence-electron chi connectivity index (χ4n) is 2.21. The molecule has 0 amide bonds. The lowest BCUT2D eigenvalue weighted by Crippen LogP contribution is -1.86. The van der Waals surface area contributed by atoms with E-state index >= 15 is 0 Å². The smallest absolute Gasteiger partial charge is 0.152 e. The monoisotopic (exact) mass is 367 g/mol. The molecule has 0 radical (unpaired) electrons. The SMILES string of the molecule is O=Cc1c(-c2cc(Cl)ccc2Cl)[nH]c2ccc(Br)cc12. The Balaban J connectivity index is 2.36.